The first kappa shape index (κ1) is 30.0. The number of phenolic OH excluding ortho intramolecular Hbond substituents is 4. The number of phenols is 4. The predicted molar refractivity (Wildman–Crippen MR) is 145 cm³/mol. The summed E-state index contributed by atoms with van der Waals surface area (Å²) in [5.41, 5.74) is 1.66. The highest BCUT2D eigenvalue weighted by Gasteiger charge is 2.27. The molecule has 0 radical (unpaired) electrons. The SMILES string of the molecule is CS(=O)(=O)NC1CCC(c2ccc(O)cc2O)CC1.CS(=O)(=O)NC1CCC(c2ccc(O)cc2O)CC1. The van der Waals surface area contributed by atoms with Crippen molar-refractivity contribution in [3.63, 3.8) is 0 Å². The van der Waals surface area contributed by atoms with Crippen LogP contribution >= 0.6 is 0 Å². The number of hydrogen-bond donors (Lipinski definition) is 6. The highest BCUT2D eigenvalue weighted by Crippen LogP contribution is 2.39. The second-order valence-electron chi connectivity index (χ2n) is 10.4. The molecule has 0 aliphatic heterocycles. The molecule has 0 atom stereocenters. The lowest BCUT2D eigenvalue weighted by Gasteiger charge is -2.29. The molecule has 2 aliphatic carbocycles. The van der Waals surface area contributed by atoms with E-state index in [4.69, 9.17) is 0 Å². The summed E-state index contributed by atoms with van der Waals surface area (Å²) in [7, 11) is -6.30. The van der Waals surface area contributed by atoms with Crippen LogP contribution in [0.15, 0.2) is 36.4 Å². The lowest BCUT2D eigenvalue weighted by molar-refractivity contribution is 0.363. The molecular formula is C26H38N2O8S2. The van der Waals surface area contributed by atoms with Gasteiger partial charge in [-0.2, -0.15) is 0 Å². The fourth-order valence-electron chi connectivity index (χ4n) is 5.40. The Morgan fingerprint density at radius 2 is 0.895 bits per heavy atom. The Labute approximate surface area is 224 Å². The number of rotatable bonds is 6. The molecule has 0 saturated heterocycles. The van der Waals surface area contributed by atoms with Crippen LogP contribution in [0.3, 0.4) is 0 Å². The maximum absolute atomic E-state index is 11.2. The van der Waals surface area contributed by atoms with Crippen LogP contribution in [0.2, 0.25) is 0 Å². The summed E-state index contributed by atoms with van der Waals surface area (Å²) in [6.07, 6.45) is 8.69. The van der Waals surface area contributed by atoms with Gasteiger partial charge in [0.25, 0.3) is 0 Å². The molecule has 2 aromatic rings. The number of sulfonamides is 2. The van der Waals surface area contributed by atoms with E-state index in [1.165, 1.54) is 24.6 Å². The van der Waals surface area contributed by atoms with E-state index in [0.29, 0.717) is 0 Å². The van der Waals surface area contributed by atoms with Crippen molar-refractivity contribution in [2.24, 2.45) is 0 Å². The normalized spacial score (nSPS) is 24.3. The average molecular weight is 571 g/mol. The minimum atomic E-state index is -3.15. The largest absolute Gasteiger partial charge is 0.508 e. The zero-order valence-corrected chi connectivity index (χ0v) is 23.3. The van der Waals surface area contributed by atoms with Gasteiger partial charge >= 0.3 is 0 Å². The van der Waals surface area contributed by atoms with E-state index in [2.05, 4.69) is 9.44 Å². The van der Waals surface area contributed by atoms with Gasteiger partial charge in [-0.05, 0) is 86.5 Å². The topological polar surface area (TPSA) is 173 Å². The van der Waals surface area contributed by atoms with Crippen LogP contribution in [-0.4, -0.2) is 61.9 Å². The molecule has 4 rings (SSSR count). The van der Waals surface area contributed by atoms with E-state index in [0.717, 1.165) is 62.5 Å². The van der Waals surface area contributed by atoms with Crippen molar-refractivity contribution in [3.8, 4) is 23.0 Å². The summed E-state index contributed by atoms with van der Waals surface area (Å²) in [4.78, 5) is 0. The molecule has 2 aromatic carbocycles. The highest BCUT2D eigenvalue weighted by molar-refractivity contribution is 7.89. The molecule has 212 valence electrons. The summed E-state index contributed by atoms with van der Waals surface area (Å²) in [6, 6.07) is 9.27. The number of nitrogens with one attached hydrogen (secondary N) is 2. The maximum atomic E-state index is 11.2. The molecule has 2 fully saturated rings. The van der Waals surface area contributed by atoms with Crippen molar-refractivity contribution in [1.29, 1.82) is 0 Å². The van der Waals surface area contributed by atoms with Crippen LogP contribution < -0.4 is 9.44 Å². The molecule has 6 N–H and O–H groups in total. The van der Waals surface area contributed by atoms with Gasteiger partial charge in [-0.15, -0.1) is 0 Å². The number of aromatic hydroxyl groups is 4. The molecule has 0 unspecified atom stereocenters. The predicted octanol–water partition coefficient (Wildman–Crippen LogP) is 3.35. The fourth-order valence-corrected chi connectivity index (χ4v) is 7.09. The standard InChI is InChI=1S/2C13H19NO4S/c2*1-19(17,18)14-10-4-2-9(3-5-10)12-7-6-11(15)8-13(12)16/h2*6-10,14-16H,2-5H2,1H3. The summed E-state index contributed by atoms with van der Waals surface area (Å²) >= 11 is 0. The van der Waals surface area contributed by atoms with E-state index in [1.807, 2.05) is 0 Å². The van der Waals surface area contributed by atoms with E-state index >= 15 is 0 Å². The molecule has 0 amide bonds. The molecule has 0 bridgehead atoms. The monoisotopic (exact) mass is 570 g/mol. The van der Waals surface area contributed by atoms with E-state index in [9.17, 15) is 37.3 Å². The van der Waals surface area contributed by atoms with Gasteiger partial charge in [-0.25, -0.2) is 26.3 Å². The quantitative estimate of drug-likeness (QED) is 0.307. The van der Waals surface area contributed by atoms with Crippen molar-refractivity contribution in [3.05, 3.63) is 47.5 Å². The van der Waals surface area contributed by atoms with Crippen LogP contribution in [-0.2, 0) is 20.0 Å². The molecule has 0 heterocycles. The van der Waals surface area contributed by atoms with Gasteiger partial charge in [0, 0.05) is 24.2 Å². The van der Waals surface area contributed by atoms with Gasteiger partial charge in [0.05, 0.1) is 12.5 Å². The third-order valence-corrected chi connectivity index (χ3v) is 8.65. The van der Waals surface area contributed by atoms with Gasteiger partial charge in [0.1, 0.15) is 23.0 Å². The van der Waals surface area contributed by atoms with Gasteiger partial charge in [-0.3, -0.25) is 0 Å². The first-order valence-electron chi connectivity index (χ1n) is 12.7. The second-order valence-corrected chi connectivity index (χ2v) is 13.9. The summed E-state index contributed by atoms with van der Waals surface area (Å²) in [6.45, 7) is 0. The molecule has 12 heteroatoms. The Morgan fingerprint density at radius 1 is 0.579 bits per heavy atom. The third kappa shape index (κ3) is 9.33. The van der Waals surface area contributed by atoms with Crippen LogP contribution in [0.25, 0.3) is 0 Å². The second kappa shape index (κ2) is 12.5. The first-order valence-corrected chi connectivity index (χ1v) is 16.5. The maximum Gasteiger partial charge on any atom is 0.208 e. The molecule has 0 spiro atoms. The first-order chi connectivity index (χ1) is 17.7. The van der Waals surface area contributed by atoms with Crippen molar-refractivity contribution in [2.75, 3.05) is 12.5 Å². The van der Waals surface area contributed by atoms with Crippen molar-refractivity contribution in [2.45, 2.75) is 75.3 Å². The van der Waals surface area contributed by atoms with E-state index in [1.54, 1.807) is 24.3 Å². The molecular weight excluding hydrogens is 532 g/mol. The molecule has 10 nitrogen and oxygen atoms in total. The molecule has 38 heavy (non-hydrogen) atoms. The van der Waals surface area contributed by atoms with Crippen LogP contribution in [0.5, 0.6) is 23.0 Å². The molecule has 2 aliphatic rings. The zero-order chi connectivity index (χ0) is 28.1. The Hall–Kier alpha value is -2.54. The lowest BCUT2D eigenvalue weighted by atomic mass is 9.81. The minimum absolute atomic E-state index is 0.00879. The fraction of sp³-hybridized carbons (Fsp3) is 0.538. The summed E-state index contributed by atoms with van der Waals surface area (Å²) in [5, 5.41) is 38.2. The Kier molecular flexibility index (Phi) is 9.91. The van der Waals surface area contributed by atoms with Crippen LogP contribution in [0.1, 0.15) is 74.3 Å². The van der Waals surface area contributed by atoms with Crippen molar-refractivity contribution >= 4 is 20.0 Å². The average Bonchev–Trinajstić information content (AvgIpc) is 2.79. The molecule has 0 aromatic heterocycles. The Morgan fingerprint density at radius 3 is 1.16 bits per heavy atom. The Bertz CT molecular complexity index is 1200. The van der Waals surface area contributed by atoms with E-state index in [-0.39, 0.29) is 46.9 Å². The zero-order valence-electron chi connectivity index (χ0n) is 21.7. The van der Waals surface area contributed by atoms with Crippen molar-refractivity contribution < 1.29 is 37.3 Å². The van der Waals surface area contributed by atoms with E-state index < -0.39 is 20.0 Å². The Balaban J connectivity index is 0.000000211. The van der Waals surface area contributed by atoms with Crippen molar-refractivity contribution in [1.82, 2.24) is 9.44 Å². The number of hydrogen-bond acceptors (Lipinski definition) is 8. The summed E-state index contributed by atoms with van der Waals surface area (Å²) < 4.78 is 49.9. The minimum Gasteiger partial charge on any atom is -0.508 e. The summed E-state index contributed by atoms with van der Waals surface area (Å²) in [5.74, 6) is 0.762. The molecule has 2 saturated carbocycles. The lowest BCUT2D eigenvalue weighted by Crippen LogP contribution is -2.36. The van der Waals surface area contributed by atoms with Gasteiger partial charge in [-0.1, -0.05) is 12.1 Å². The smallest absolute Gasteiger partial charge is 0.208 e. The highest BCUT2D eigenvalue weighted by atomic mass is 32.2. The van der Waals surface area contributed by atoms with Gasteiger partial charge in [0.2, 0.25) is 20.0 Å². The van der Waals surface area contributed by atoms with Crippen LogP contribution in [0.4, 0.5) is 0 Å². The third-order valence-electron chi connectivity index (χ3n) is 7.12. The van der Waals surface area contributed by atoms with Gasteiger partial charge < -0.3 is 20.4 Å². The number of benzene rings is 2. The van der Waals surface area contributed by atoms with Gasteiger partial charge in [0.15, 0.2) is 0 Å². The van der Waals surface area contributed by atoms with Crippen LogP contribution in [0, 0.1) is 0 Å².